The quantitative estimate of drug-likeness (QED) is 0.359. The first kappa shape index (κ1) is 26.0. The van der Waals surface area contributed by atoms with E-state index in [1.54, 1.807) is 52.0 Å². The molecule has 1 aromatic carbocycles. The molecule has 0 radical (unpaired) electrons. The molecule has 4 rings (SSSR count). The van der Waals surface area contributed by atoms with E-state index in [9.17, 15) is 23.2 Å². The number of thiophene rings is 1. The highest BCUT2D eigenvalue weighted by atomic mass is 35.5. The molecule has 0 N–H and O–H groups in total. The van der Waals surface area contributed by atoms with Gasteiger partial charge in [0.15, 0.2) is 5.69 Å². The van der Waals surface area contributed by atoms with Gasteiger partial charge in [-0.1, -0.05) is 35.9 Å². The second-order valence-corrected chi connectivity index (χ2v) is 10.9. The molecule has 3 heterocycles. The molecule has 36 heavy (non-hydrogen) atoms. The predicted molar refractivity (Wildman–Crippen MR) is 131 cm³/mol. The van der Waals surface area contributed by atoms with Gasteiger partial charge < -0.3 is 9.64 Å². The molecule has 0 bridgehead atoms. The van der Waals surface area contributed by atoms with Crippen LogP contribution in [0.15, 0.2) is 30.5 Å². The van der Waals surface area contributed by atoms with Crippen molar-refractivity contribution in [3.05, 3.63) is 62.1 Å². The molecule has 0 saturated heterocycles. The van der Waals surface area contributed by atoms with E-state index in [0.29, 0.717) is 26.4 Å². The van der Waals surface area contributed by atoms with Gasteiger partial charge in [0.2, 0.25) is 0 Å². The number of carbonyl (C=O) groups excluding carboxylic acids is 1. The van der Waals surface area contributed by atoms with E-state index in [4.69, 9.17) is 16.3 Å². The molecule has 0 fully saturated rings. The van der Waals surface area contributed by atoms with Crippen LogP contribution in [0.25, 0.3) is 11.1 Å². The summed E-state index contributed by atoms with van der Waals surface area (Å²) in [4.78, 5) is 15.5. The van der Waals surface area contributed by atoms with E-state index in [1.807, 2.05) is 0 Å². The fourth-order valence-electron chi connectivity index (χ4n) is 4.31. The molecule has 3 aromatic rings. The lowest BCUT2D eigenvalue weighted by Crippen LogP contribution is -2.41. The van der Waals surface area contributed by atoms with E-state index in [1.165, 1.54) is 27.1 Å². The second-order valence-electron chi connectivity index (χ2n) is 9.44. The van der Waals surface area contributed by atoms with Crippen LogP contribution in [0.5, 0.6) is 0 Å². The lowest BCUT2D eigenvalue weighted by Gasteiger charge is -2.35. The number of rotatable bonds is 3. The number of hydrogen-bond donors (Lipinski definition) is 0. The first-order chi connectivity index (χ1) is 16.8. The highest BCUT2D eigenvalue weighted by Crippen LogP contribution is 2.47. The Morgan fingerprint density at radius 3 is 2.58 bits per heavy atom. The molecule has 190 valence electrons. The molecule has 0 spiro atoms. The standard InChI is InChI=1S/C25H24ClF3N4O2S/c1-5-33-12-17(22(31-33)25(27,28)29)15-9-7-6-8-14(15)16-11-32(23(34)35-24(2,3)4)13-19-20(16)21(26)18(10-30)36-19/h6-9,12,16H,5,11,13H2,1-4H3. The van der Waals surface area contributed by atoms with E-state index < -0.39 is 29.5 Å². The normalized spacial score (nSPS) is 16.0. The highest BCUT2D eigenvalue weighted by Gasteiger charge is 2.40. The Balaban J connectivity index is 1.89. The van der Waals surface area contributed by atoms with Crippen LogP contribution in [0.4, 0.5) is 18.0 Å². The van der Waals surface area contributed by atoms with Crippen LogP contribution in [-0.2, 0) is 24.0 Å². The van der Waals surface area contributed by atoms with Crippen molar-refractivity contribution in [1.29, 1.82) is 5.26 Å². The number of amides is 1. The molecular weight excluding hydrogens is 513 g/mol. The molecule has 11 heteroatoms. The average Bonchev–Trinajstić information content (AvgIpc) is 3.38. The molecule has 1 amide bonds. The summed E-state index contributed by atoms with van der Waals surface area (Å²) in [6.45, 7) is 7.57. The summed E-state index contributed by atoms with van der Waals surface area (Å²) in [6.07, 6.45) is -3.82. The second kappa shape index (κ2) is 9.45. The van der Waals surface area contributed by atoms with Crippen LogP contribution < -0.4 is 0 Å². The Morgan fingerprint density at radius 1 is 1.28 bits per heavy atom. The maximum absolute atomic E-state index is 13.9. The number of aryl methyl sites for hydroxylation is 1. The van der Waals surface area contributed by atoms with Gasteiger partial charge >= 0.3 is 12.3 Å². The molecule has 6 nitrogen and oxygen atoms in total. The van der Waals surface area contributed by atoms with Crippen molar-refractivity contribution in [3.8, 4) is 17.2 Å². The van der Waals surface area contributed by atoms with E-state index in [-0.39, 0.29) is 30.2 Å². The third-order valence-corrected chi connectivity index (χ3v) is 7.38. The third-order valence-electron chi connectivity index (χ3n) is 5.78. The molecular formula is C25H24ClF3N4O2S. The van der Waals surface area contributed by atoms with Crippen LogP contribution in [0.2, 0.25) is 5.02 Å². The van der Waals surface area contributed by atoms with Gasteiger partial charge in [-0.2, -0.15) is 23.5 Å². The predicted octanol–water partition coefficient (Wildman–Crippen LogP) is 7.06. The minimum absolute atomic E-state index is 0.0530. The molecule has 1 unspecified atom stereocenters. The molecule has 1 atom stereocenters. The number of hydrogen-bond acceptors (Lipinski definition) is 5. The summed E-state index contributed by atoms with van der Waals surface area (Å²) in [6, 6.07) is 8.81. The Kier molecular flexibility index (Phi) is 6.84. The topological polar surface area (TPSA) is 71.2 Å². The summed E-state index contributed by atoms with van der Waals surface area (Å²) < 4.78 is 48.6. The minimum Gasteiger partial charge on any atom is -0.444 e. The van der Waals surface area contributed by atoms with Gasteiger partial charge in [-0.15, -0.1) is 11.3 Å². The first-order valence-corrected chi connectivity index (χ1v) is 12.5. The van der Waals surface area contributed by atoms with Crippen molar-refractivity contribution in [2.45, 2.75) is 58.5 Å². The number of halogens is 4. The number of carbonyl (C=O) groups is 1. The van der Waals surface area contributed by atoms with Gasteiger partial charge in [-0.3, -0.25) is 4.68 Å². The van der Waals surface area contributed by atoms with Crippen LogP contribution in [0.3, 0.4) is 0 Å². The van der Waals surface area contributed by atoms with Gasteiger partial charge in [0.25, 0.3) is 0 Å². The van der Waals surface area contributed by atoms with Crippen molar-refractivity contribution >= 4 is 29.0 Å². The van der Waals surface area contributed by atoms with Crippen LogP contribution >= 0.6 is 22.9 Å². The van der Waals surface area contributed by atoms with Crippen LogP contribution in [0, 0.1) is 11.3 Å². The largest absolute Gasteiger partial charge is 0.444 e. The summed E-state index contributed by atoms with van der Waals surface area (Å²) in [5.74, 6) is -0.575. The molecule has 0 aliphatic carbocycles. The number of aromatic nitrogens is 2. The zero-order valence-electron chi connectivity index (χ0n) is 20.1. The minimum atomic E-state index is -4.66. The Morgan fingerprint density at radius 2 is 1.97 bits per heavy atom. The summed E-state index contributed by atoms with van der Waals surface area (Å²) in [7, 11) is 0. The molecule has 2 aromatic heterocycles. The first-order valence-electron chi connectivity index (χ1n) is 11.3. The Labute approximate surface area is 215 Å². The van der Waals surface area contributed by atoms with Crippen molar-refractivity contribution in [2.24, 2.45) is 0 Å². The van der Waals surface area contributed by atoms with Crippen LogP contribution in [0.1, 0.15) is 60.2 Å². The van der Waals surface area contributed by atoms with E-state index >= 15 is 0 Å². The van der Waals surface area contributed by atoms with E-state index in [0.717, 1.165) is 0 Å². The fourth-order valence-corrected chi connectivity index (χ4v) is 5.84. The monoisotopic (exact) mass is 536 g/mol. The molecule has 1 aliphatic rings. The lowest BCUT2D eigenvalue weighted by molar-refractivity contribution is -0.141. The van der Waals surface area contributed by atoms with E-state index in [2.05, 4.69) is 11.2 Å². The zero-order chi connectivity index (χ0) is 26.4. The number of alkyl halides is 3. The fraction of sp³-hybridized carbons (Fsp3) is 0.400. The van der Waals surface area contributed by atoms with Crippen molar-refractivity contribution in [2.75, 3.05) is 6.54 Å². The summed E-state index contributed by atoms with van der Waals surface area (Å²) in [5.41, 5.74) is -0.216. The van der Waals surface area contributed by atoms with Gasteiger partial charge in [0, 0.05) is 35.6 Å². The number of fused-ring (bicyclic) bond motifs is 1. The van der Waals surface area contributed by atoms with Crippen molar-refractivity contribution < 1.29 is 22.7 Å². The van der Waals surface area contributed by atoms with Gasteiger partial charge in [0.05, 0.1) is 11.6 Å². The van der Waals surface area contributed by atoms with Gasteiger partial charge in [-0.05, 0) is 44.4 Å². The Hall–Kier alpha value is -3.03. The smallest absolute Gasteiger partial charge is 0.435 e. The number of nitriles is 1. The van der Waals surface area contributed by atoms with Gasteiger partial charge in [-0.25, -0.2) is 4.79 Å². The average molecular weight is 537 g/mol. The van der Waals surface area contributed by atoms with Crippen molar-refractivity contribution in [1.82, 2.24) is 14.7 Å². The Bertz CT molecular complexity index is 1350. The number of nitrogens with zero attached hydrogens (tertiary/aromatic N) is 4. The summed E-state index contributed by atoms with van der Waals surface area (Å²) >= 11 is 7.78. The molecule has 0 saturated carbocycles. The molecule has 1 aliphatic heterocycles. The van der Waals surface area contributed by atoms with Gasteiger partial charge in [0.1, 0.15) is 16.5 Å². The lowest BCUT2D eigenvalue weighted by atomic mass is 9.83. The number of benzene rings is 1. The van der Waals surface area contributed by atoms with Crippen LogP contribution in [-0.4, -0.2) is 32.9 Å². The highest BCUT2D eigenvalue weighted by molar-refractivity contribution is 7.13. The van der Waals surface area contributed by atoms with Crippen molar-refractivity contribution in [3.63, 3.8) is 0 Å². The third kappa shape index (κ3) is 4.95. The maximum Gasteiger partial charge on any atom is 0.435 e. The maximum atomic E-state index is 13.9. The zero-order valence-corrected chi connectivity index (χ0v) is 21.7. The number of ether oxygens (including phenoxy) is 1. The summed E-state index contributed by atoms with van der Waals surface area (Å²) in [5, 5.41) is 13.6. The SMILES string of the molecule is CCn1cc(-c2ccccc2C2CN(C(=O)OC(C)(C)C)Cc3sc(C#N)c(Cl)c32)c(C(F)(F)F)n1.